The summed E-state index contributed by atoms with van der Waals surface area (Å²) in [7, 11) is 0. The van der Waals surface area contributed by atoms with Crippen LogP contribution in [0.2, 0.25) is 0 Å². The van der Waals surface area contributed by atoms with Crippen LogP contribution in [0, 0.1) is 0 Å². The predicted molar refractivity (Wildman–Crippen MR) is 105 cm³/mol. The molecule has 0 aromatic carbocycles. The van der Waals surface area contributed by atoms with Crippen molar-refractivity contribution in [2.45, 2.75) is 66.5 Å². The molecule has 1 unspecified atom stereocenters. The van der Waals surface area contributed by atoms with Gasteiger partial charge in [-0.2, -0.15) is 0 Å². The Morgan fingerprint density at radius 2 is 1.64 bits per heavy atom. The first-order chi connectivity index (χ1) is 11.9. The summed E-state index contributed by atoms with van der Waals surface area (Å²) in [5, 5.41) is 3.05. The number of nitrogens with one attached hydrogen (secondary N) is 1. The van der Waals surface area contributed by atoms with Gasteiger partial charge < -0.3 is 10.1 Å². The summed E-state index contributed by atoms with van der Waals surface area (Å²) in [5.41, 5.74) is 3.93. The quantitative estimate of drug-likeness (QED) is 0.501. The molecule has 1 rings (SSSR count). The van der Waals surface area contributed by atoms with E-state index in [9.17, 15) is 4.79 Å². The Morgan fingerprint density at radius 3 is 2.28 bits per heavy atom. The molecular weight excluding hydrogens is 312 g/mol. The average molecular weight is 349 g/mol. The van der Waals surface area contributed by atoms with Crippen LogP contribution in [-0.4, -0.2) is 43.3 Å². The van der Waals surface area contributed by atoms with E-state index in [4.69, 9.17) is 4.74 Å². The van der Waals surface area contributed by atoms with Gasteiger partial charge in [-0.15, -0.1) is 0 Å². The maximum atomic E-state index is 12.1. The van der Waals surface area contributed by atoms with Gasteiger partial charge in [-0.3, -0.25) is 9.69 Å². The van der Waals surface area contributed by atoms with Crippen molar-refractivity contribution < 1.29 is 9.53 Å². The highest BCUT2D eigenvalue weighted by atomic mass is 16.5. The van der Waals surface area contributed by atoms with Crippen LogP contribution < -0.4 is 5.32 Å². The van der Waals surface area contributed by atoms with E-state index in [-0.39, 0.29) is 12.1 Å². The highest BCUT2D eigenvalue weighted by molar-refractivity contribution is 5.88. The summed E-state index contributed by atoms with van der Waals surface area (Å²) >= 11 is 0. The third-order valence-electron chi connectivity index (χ3n) is 4.44. The van der Waals surface area contributed by atoms with Gasteiger partial charge in [0.15, 0.2) is 0 Å². The van der Waals surface area contributed by atoms with Gasteiger partial charge in [0.25, 0.3) is 0 Å². The molecule has 0 aromatic rings. The number of rotatable bonds is 9. The Morgan fingerprint density at radius 1 is 1.04 bits per heavy atom. The number of allylic oxidation sites excluding steroid dienone is 5. The van der Waals surface area contributed by atoms with Crippen LogP contribution >= 0.6 is 0 Å². The lowest BCUT2D eigenvalue weighted by atomic mass is 10.1. The van der Waals surface area contributed by atoms with E-state index in [0.717, 1.165) is 57.6 Å². The third-order valence-corrected chi connectivity index (χ3v) is 4.44. The smallest absolute Gasteiger partial charge is 0.245 e. The predicted octanol–water partition coefficient (Wildman–Crippen LogP) is 4.20. The molecule has 4 heteroatoms. The largest absolute Gasteiger partial charge is 0.379 e. The Hall–Kier alpha value is -1.39. The average Bonchev–Trinajstić information content (AvgIpc) is 2.55. The number of hydrogen-bond donors (Lipinski definition) is 1. The van der Waals surface area contributed by atoms with Crippen LogP contribution in [0.4, 0.5) is 0 Å². The maximum Gasteiger partial charge on any atom is 0.245 e. The number of nitrogens with zero attached hydrogens (tertiary/aromatic N) is 1. The summed E-state index contributed by atoms with van der Waals surface area (Å²) in [5.74, 6) is 0.000696. The molecule has 1 heterocycles. The normalized spacial score (nSPS) is 18.0. The molecule has 1 aliphatic rings. The number of morpholine rings is 1. The fourth-order valence-electron chi connectivity index (χ4n) is 2.84. The molecular formula is C21H36N2O2. The monoisotopic (exact) mass is 348 g/mol. The molecule has 142 valence electrons. The zero-order chi connectivity index (χ0) is 18.7. The minimum absolute atomic E-state index is 0.000696. The van der Waals surface area contributed by atoms with Gasteiger partial charge in [0.1, 0.15) is 0 Å². The van der Waals surface area contributed by atoms with Crippen molar-refractivity contribution >= 4 is 5.91 Å². The maximum absolute atomic E-state index is 12.1. The van der Waals surface area contributed by atoms with E-state index in [0.29, 0.717) is 0 Å². The highest BCUT2D eigenvalue weighted by Crippen LogP contribution is 2.11. The van der Waals surface area contributed by atoms with E-state index >= 15 is 0 Å². The topological polar surface area (TPSA) is 41.6 Å². The third kappa shape index (κ3) is 10.3. The van der Waals surface area contributed by atoms with Crippen molar-refractivity contribution in [1.29, 1.82) is 0 Å². The first-order valence-corrected chi connectivity index (χ1v) is 9.47. The molecule has 0 aliphatic carbocycles. The van der Waals surface area contributed by atoms with Crippen LogP contribution in [-0.2, 0) is 9.53 Å². The van der Waals surface area contributed by atoms with Crippen LogP contribution in [0.15, 0.2) is 34.9 Å². The first-order valence-electron chi connectivity index (χ1n) is 9.47. The molecule has 1 saturated heterocycles. The van der Waals surface area contributed by atoms with Gasteiger partial charge in [0.2, 0.25) is 5.91 Å². The Balaban J connectivity index is 2.31. The van der Waals surface area contributed by atoms with Crippen molar-refractivity contribution in [3.63, 3.8) is 0 Å². The van der Waals surface area contributed by atoms with Gasteiger partial charge in [-0.1, -0.05) is 28.9 Å². The molecule has 1 fully saturated rings. The molecule has 0 aromatic heterocycles. The van der Waals surface area contributed by atoms with Gasteiger partial charge in [-0.05, 0) is 60.3 Å². The number of amides is 1. The summed E-state index contributed by atoms with van der Waals surface area (Å²) in [4.78, 5) is 14.4. The van der Waals surface area contributed by atoms with E-state index in [1.54, 1.807) is 6.08 Å². The first kappa shape index (κ1) is 21.7. The van der Waals surface area contributed by atoms with Crippen molar-refractivity contribution in [2.24, 2.45) is 0 Å². The Labute approximate surface area is 154 Å². The van der Waals surface area contributed by atoms with Crippen molar-refractivity contribution in [3.05, 3.63) is 34.9 Å². The molecule has 1 atom stereocenters. The van der Waals surface area contributed by atoms with E-state index < -0.39 is 0 Å². The van der Waals surface area contributed by atoms with Crippen LogP contribution in [0.3, 0.4) is 0 Å². The SMILES string of the molecule is CC(C)=CCC/C(C)=C/CC/C(C)=C/C(=O)NC(C)N1CCOCC1. The lowest BCUT2D eigenvalue weighted by molar-refractivity contribution is -0.118. The lowest BCUT2D eigenvalue weighted by Gasteiger charge is -2.32. The van der Waals surface area contributed by atoms with Gasteiger partial charge >= 0.3 is 0 Å². The van der Waals surface area contributed by atoms with Crippen LogP contribution in [0.5, 0.6) is 0 Å². The number of carbonyl (C=O) groups excluding carboxylic acids is 1. The molecule has 0 radical (unpaired) electrons. The highest BCUT2D eigenvalue weighted by Gasteiger charge is 2.17. The van der Waals surface area contributed by atoms with Crippen molar-refractivity contribution in [1.82, 2.24) is 10.2 Å². The fourth-order valence-corrected chi connectivity index (χ4v) is 2.84. The molecule has 4 nitrogen and oxygen atoms in total. The lowest BCUT2D eigenvalue weighted by Crippen LogP contribution is -2.50. The molecule has 0 saturated carbocycles. The molecule has 1 aliphatic heterocycles. The number of hydrogen-bond acceptors (Lipinski definition) is 3. The second kappa shape index (κ2) is 12.0. The molecule has 0 spiro atoms. The van der Waals surface area contributed by atoms with Gasteiger partial charge in [0.05, 0.1) is 19.4 Å². The summed E-state index contributed by atoms with van der Waals surface area (Å²) in [6.45, 7) is 13.8. The standard InChI is InChI=1S/C21H36N2O2/c1-17(2)8-6-9-18(3)10-7-11-19(4)16-21(24)22-20(5)23-12-14-25-15-13-23/h8,10,16,20H,6-7,9,11-15H2,1-5H3,(H,22,24)/b18-10+,19-16+. The van der Waals surface area contributed by atoms with E-state index in [2.05, 4.69) is 43.1 Å². The Kier molecular flexibility index (Phi) is 10.4. The molecule has 1 N–H and O–H groups in total. The van der Waals surface area contributed by atoms with E-state index in [1.807, 2.05) is 13.8 Å². The number of carbonyl (C=O) groups is 1. The van der Waals surface area contributed by atoms with Crippen LogP contribution in [0.1, 0.15) is 60.3 Å². The fraction of sp³-hybridized carbons (Fsp3) is 0.667. The summed E-state index contributed by atoms with van der Waals surface area (Å²) in [6.07, 6.45) is 10.5. The van der Waals surface area contributed by atoms with Crippen LogP contribution in [0.25, 0.3) is 0 Å². The summed E-state index contributed by atoms with van der Waals surface area (Å²) < 4.78 is 5.34. The number of ether oxygens (including phenoxy) is 1. The zero-order valence-electron chi connectivity index (χ0n) is 16.7. The van der Waals surface area contributed by atoms with Crippen molar-refractivity contribution in [2.75, 3.05) is 26.3 Å². The van der Waals surface area contributed by atoms with Gasteiger partial charge in [0, 0.05) is 19.2 Å². The Bertz CT molecular complexity index is 496. The van der Waals surface area contributed by atoms with E-state index in [1.165, 1.54) is 11.1 Å². The molecule has 1 amide bonds. The summed E-state index contributed by atoms with van der Waals surface area (Å²) in [6, 6.07) is 0. The molecule has 25 heavy (non-hydrogen) atoms. The minimum atomic E-state index is 0.000696. The molecule has 0 bridgehead atoms. The minimum Gasteiger partial charge on any atom is -0.379 e. The second-order valence-corrected chi connectivity index (χ2v) is 7.23. The zero-order valence-corrected chi connectivity index (χ0v) is 16.7. The van der Waals surface area contributed by atoms with Gasteiger partial charge in [-0.25, -0.2) is 0 Å². The second-order valence-electron chi connectivity index (χ2n) is 7.23. The van der Waals surface area contributed by atoms with Crippen molar-refractivity contribution in [3.8, 4) is 0 Å².